The van der Waals surface area contributed by atoms with Crippen LogP contribution in [0.2, 0.25) is 0 Å². The van der Waals surface area contributed by atoms with Crippen LogP contribution in [0.3, 0.4) is 0 Å². The smallest absolute Gasteiger partial charge is 0.273 e. The van der Waals surface area contributed by atoms with E-state index in [-0.39, 0.29) is 11.9 Å². The second kappa shape index (κ2) is 7.43. The molecule has 2 aliphatic rings. The molecule has 0 spiro atoms. The first-order valence-electron chi connectivity index (χ1n) is 9.90. The number of thiophene rings is 1. The second-order valence-corrected chi connectivity index (χ2v) is 8.44. The predicted octanol–water partition coefficient (Wildman–Crippen LogP) is 3.40. The molecule has 1 aliphatic heterocycles. The van der Waals surface area contributed by atoms with Gasteiger partial charge in [0, 0.05) is 37.2 Å². The van der Waals surface area contributed by atoms with E-state index in [1.165, 1.54) is 4.88 Å². The first-order valence-corrected chi connectivity index (χ1v) is 10.8. The topological polar surface area (TPSA) is 87.0 Å². The molecule has 0 radical (unpaired) electrons. The zero-order valence-electron chi connectivity index (χ0n) is 15.6. The number of nitrogens with one attached hydrogen (secondary N) is 2. The van der Waals surface area contributed by atoms with Gasteiger partial charge in [0.15, 0.2) is 11.5 Å². The van der Waals surface area contributed by atoms with Gasteiger partial charge in [-0.25, -0.2) is 0 Å². The molecule has 0 atom stereocenters. The number of hydrogen-bond acceptors (Lipinski definition) is 6. The van der Waals surface area contributed by atoms with Gasteiger partial charge >= 0.3 is 0 Å². The molecule has 1 aliphatic carbocycles. The Morgan fingerprint density at radius 1 is 1.29 bits per heavy atom. The molecule has 3 aromatic heterocycles. The van der Waals surface area contributed by atoms with Crippen molar-refractivity contribution in [3.63, 3.8) is 0 Å². The van der Waals surface area contributed by atoms with Crippen molar-refractivity contribution in [2.24, 2.45) is 0 Å². The Kier molecular flexibility index (Phi) is 4.64. The van der Waals surface area contributed by atoms with Gasteiger partial charge < -0.3 is 14.7 Å². The number of carbonyl (C=O) groups is 1. The van der Waals surface area contributed by atoms with Crippen molar-refractivity contribution in [2.45, 2.75) is 44.6 Å². The van der Waals surface area contributed by atoms with E-state index in [1.54, 1.807) is 11.3 Å². The minimum Gasteiger partial charge on any atom is -0.360 e. The molecule has 0 unspecified atom stereocenters. The predicted molar refractivity (Wildman–Crippen MR) is 108 cm³/mol. The summed E-state index contributed by atoms with van der Waals surface area (Å²) in [5.41, 5.74) is 2.56. The average molecular weight is 398 g/mol. The van der Waals surface area contributed by atoms with Crippen LogP contribution in [0.4, 0.5) is 5.82 Å². The molecule has 146 valence electrons. The van der Waals surface area contributed by atoms with Crippen LogP contribution in [0.1, 0.15) is 47.5 Å². The normalized spacial score (nSPS) is 17.5. The van der Waals surface area contributed by atoms with Gasteiger partial charge in [-0.3, -0.25) is 9.89 Å². The third kappa shape index (κ3) is 3.32. The molecule has 2 N–H and O–H groups in total. The SMILES string of the molecule is O=C(NC1CCN(c2cc(-c3cccs3)[nH]n2)CC1)c1noc2c1CCCC2. The zero-order chi connectivity index (χ0) is 18.9. The number of aryl methyl sites for hydroxylation is 1. The van der Waals surface area contributed by atoms with E-state index in [9.17, 15) is 4.79 Å². The summed E-state index contributed by atoms with van der Waals surface area (Å²) in [6, 6.07) is 6.40. The summed E-state index contributed by atoms with van der Waals surface area (Å²) >= 11 is 1.70. The monoisotopic (exact) mass is 397 g/mol. The molecule has 3 aromatic rings. The number of hydrogen-bond donors (Lipinski definition) is 2. The summed E-state index contributed by atoms with van der Waals surface area (Å²) in [6.07, 6.45) is 5.80. The van der Waals surface area contributed by atoms with Gasteiger partial charge in [-0.1, -0.05) is 11.2 Å². The second-order valence-electron chi connectivity index (χ2n) is 7.49. The van der Waals surface area contributed by atoms with Crippen LogP contribution in [0.15, 0.2) is 28.1 Å². The maximum Gasteiger partial charge on any atom is 0.273 e. The minimum absolute atomic E-state index is 0.0925. The van der Waals surface area contributed by atoms with Gasteiger partial charge in [-0.2, -0.15) is 5.10 Å². The lowest BCUT2D eigenvalue weighted by molar-refractivity contribution is 0.0921. The Morgan fingerprint density at radius 3 is 2.96 bits per heavy atom. The summed E-state index contributed by atoms with van der Waals surface area (Å²) in [7, 11) is 0. The van der Waals surface area contributed by atoms with Crippen LogP contribution >= 0.6 is 11.3 Å². The van der Waals surface area contributed by atoms with Gasteiger partial charge in [0.05, 0.1) is 10.6 Å². The van der Waals surface area contributed by atoms with Crippen molar-refractivity contribution in [1.29, 1.82) is 0 Å². The van der Waals surface area contributed by atoms with Gasteiger partial charge in [0.1, 0.15) is 5.76 Å². The van der Waals surface area contributed by atoms with Crippen molar-refractivity contribution in [3.05, 3.63) is 40.6 Å². The maximum absolute atomic E-state index is 12.7. The van der Waals surface area contributed by atoms with Crippen molar-refractivity contribution >= 4 is 23.1 Å². The minimum atomic E-state index is -0.0925. The van der Waals surface area contributed by atoms with E-state index < -0.39 is 0 Å². The highest BCUT2D eigenvalue weighted by molar-refractivity contribution is 7.13. The van der Waals surface area contributed by atoms with Crippen molar-refractivity contribution in [1.82, 2.24) is 20.7 Å². The molecule has 1 saturated heterocycles. The van der Waals surface area contributed by atoms with Crippen LogP contribution < -0.4 is 10.2 Å². The van der Waals surface area contributed by atoms with E-state index in [0.29, 0.717) is 5.69 Å². The lowest BCUT2D eigenvalue weighted by Crippen LogP contribution is -2.45. The molecule has 7 nitrogen and oxygen atoms in total. The Hall–Kier alpha value is -2.61. The van der Waals surface area contributed by atoms with Gasteiger partial charge in [0.25, 0.3) is 5.91 Å². The van der Waals surface area contributed by atoms with Crippen LogP contribution in [0.25, 0.3) is 10.6 Å². The molecule has 4 heterocycles. The Labute approximate surface area is 167 Å². The van der Waals surface area contributed by atoms with Crippen LogP contribution in [-0.4, -0.2) is 40.4 Å². The molecular weight excluding hydrogens is 374 g/mol. The number of aromatic amines is 1. The third-order valence-electron chi connectivity index (χ3n) is 5.67. The van der Waals surface area contributed by atoms with Gasteiger partial charge in [0.2, 0.25) is 0 Å². The maximum atomic E-state index is 12.7. The van der Waals surface area contributed by atoms with Gasteiger partial charge in [-0.15, -0.1) is 11.3 Å². The first kappa shape index (κ1) is 17.5. The van der Waals surface area contributed by atoms with Crippen LogP contribution in [0.5, 0.6) is 0 Å². The summed E-state index contributed by atoms with van der Waals surface area (Å²) < 4.78 is 5.38. The number of rotatable bonds is 4. The molecule has 1 fully saturated rings. The quantitative estimate of drug-likeness (QED) is 0.705. The average Bonchev–Trinajstić information content (AvgIpc) is 3.48. The molecule has 0 aromatic carbocycles. The lowest BCUT2D eigenvalue weighted by Gasteiger charge is -2.32. The Balaban J connectivity index is 1.18. The summed E-state index contributed by atoms with van der Waals surface area (Å²) in [5.74, 6) is 1.77. The number of fused-ring (bicyclic) bond motifs is 1. The largest absolute Gasteiger partial charge is 0.360 e. The summed E-state index contributed by atoms with van der Waals surface area (Å²) in [5, 5.41) is 16.9. The number of piperidine rings is 1. The number of carbonyl (C=O) groups excluding carboxylic acids is 1. The molecule has 5 rings (SSSR count). The Bertz CT molecular complexity index is 953. The number of H-pyrrole nitrogens is 1. The molecule has 0 bridgehead atoms. The van der Waals surface area contributed by atoms with Crippen molar-refractivity contribution in [3.8, 4) is 10.6 Å². The fraction of sp³-hybridized carbons (Fsp3) is 0.450. The molecule has 1 amide bonds. The highest BCUT2D eigenvalue weighted by Crippen LogP contribution is 2.28. The number of aromatic nitrogens is 3. The third-order valence-corrected chi connectivity index (χ3v) is 6.57. The van der Waals surface area contributed by atoms with E-state index in [4.69, 9.17) is 4.52 Å². The first-order chi connectivity index (χ1) is 13.8. The fourth-order valence-corrected chi connectivity index (χ4v) is 4.79. The van der Waals surface area contributed by atoms with Gasteiger partial charge in [-0.05, 0) is 43.6 Å². The Morgan fingerprint density at radius 2 is 2.14 bits per heavy atom. The van der Waals surface area contributed by atoms with Crippen LogP contribution in [-0.2, 0) is 12.8 Å². The zero-order valence-corrected chi connectivity index (χ0v) is 16.4. The molecule has 28 heavy (non-hydrogen) atoms. The summed E-state index contributed by atoms with van der Waals surface area (Å²) in [4.78, 5) is 16.1. The van der Waals surface area contributed by atoms with Crippen molar-refractivity contribution < 1.29 is 9.32 Å². The number of nitrogens with zero attached hydrogens (tertiary/aromatic N) is 3. The van der Waals surface area contributed by atoms with E-state index in [0.717, 1.165) is 74.4 Å². The molecule has 0 saturated carbocycles. The standard InChI is InChI=1S/C20H23N5O2S/c26-20(19-14-4-1-2-5-16(14)27-24-19)21-13-7-9-25(10-8-13)18-12-15(22-23-18)17-6-3-11-28-17/h3,6,11-13H,1-2,4-5,7-10H2,(H,21,26)(H,22,23). The van der Waals surface area contributed by atoms with Crippen LogP contribution in [0, 0.1) is 0 Å². The highest BCUT2D eigenvalue weighted by Gasteiger charge is 2.27. The lowest BCUT2D eigenvalue weighted by atomic mass is 9.96. The van der Waals surface area contributed by atoms with E-state index >= 15 is 0 Å². The van der Waals surface area contributed by atoms with E-state index in [1.807, 2.05) is 6.07 Å². The number of anilines is 1. The molecular formula is C20H23N5O2S. The van der Waals surface area contributed by atoms with E-state index in [2.05, 4.69) is 43.1 Å². The molecule has 8 heteroatoms. The summed E-state index contributed by atoms with van der Waals surface area (Å²) in [6.45, 7) is 1.74. The highest BCUT2D eigenvalue weighted by atomic mass is 32.1. The number of amides is 1. The fourth-order valence-electron chi connectivity index (χ4n) is 4.10. The van der Waals surface area contributed by atoms with Crippen molar-refractivity contribution in [2.75, 3.05) is 18.0 Å².